The van der Waals surface area contributed by atoms with Crippen LogP contribution in [0.25, 0.3) is 0 Å². The normalized spacial score (nSPS) is 18.9. The van der Waals surface area contributed by atoms with Crippen LogP contribution in [0.15, 0.2) is 0 Å². The fourth-order valence-corrected chi connectivity index (χ4v) is 1.80. The summed E-state index contributed by atoms with van der Waals surface area (Å²) in [7, 11) is 0. The van der Waals surface area contributed by atoms with Crippen molar-refractivity contribution in [2.24, 2.45) is 11.7 Å². The fourth-order valence-electron chi connectivity index (χ4n) is 1.80. The van der Waals surface area contributed by atoms with Gasteiger partial charge >= 0.3 is 0 Å². The molecule has 1 aliphatic heterocycles. The van der Waals surface area contributed by atoms with E-state index in [9.17, 15) is 4.79 Å². The van der Waals surface area contributed by atoms with Crippen LogP contribution in [-0.4, -0.2) is 44.4 Å². The number of hydrogen-bond donors (Lipinski definition) is 2. The summed E-state index contributed by atoms with van der Waals surface area (Å²) in [5.74, 6) is 0.562. The molecule has 106 valence electrons. The first-order chi connectivity index (χ1) is 8.54. The SMILES string of the molecule is CC(C)CCOCCNC(=O)C1(N)CCOCC1. The van der Waals surface area contributed by atoms with Crippen LogP contribution in [0.3, 0.4) is 0 Å². The number of hydrogen-bond acceptors (Lipinski definition) is 4. The first kappa shape index (κ1) is 15.4. The van der Waals surface area contributed by atoms with Gasteiger partial charge < -0.3 is 20.5 Å². The molecule has 1 aliphatic rings. The molecule has 0 unspecified atom stereocenters. The molecule has 5 heteroatoms. The Morgan fingerprint density at radius 1 is 1.39 bits per heavy atom. The molecular weight excluding hydrogens is 232 g/mol. The maximum Gasteiger partial charge on any atom is 0.240 e. The molecule has 1 rings (SSSR count). The van der Waals surface area contributed by atoms with Crippen molar-refractivity contribution in [2.45, 2.75) is 38.6 Å². The number of ether oxygens (including phenoxy) is 2. The van der Waals surface area contributed by atoms with Crippen molar-refractivity contribution in [3.8, 4) is 0 Å². The van der Waals surface area contributed by atoms with Crippen LogP contribution in [0, 0.1) is 5.92 Å². The molecule has 0 bridgehead atoms. The van der Waals surface area contributed by atoms with E-state index in [4.69, 9.17) is 15.2 Å². The monoisotopic (exact) mass is 258 g/mol. The van der Waals surface area contributed by atoms with Gasteiger partial charge in [0.15, 0.2) is 0 Å². The van der Waals surface area contributed by atoms with E-state index in [1.54, 1.807) is 0 Å². The molecule has 0 spiro atoms. The minimum Gasteiger partial charge on any atom is -0.381 e. The van der Waals surface area contributed by atoms with Crippen molar-refractivity contribution in [1.82, 2.24) is 5.32 Å². The molecule has 3 N–H and O–H groups in total. The Balaban J connectivity index is 2.09. The second-order valence-corrected chi connectivity index (χ2v) is 5.32. The first-order valence-corrected chi connectivity index (χ1v) is 6.77. The van der Waals surface area contributed by atoms with E-state index in [0.717, 1.165) is 13.0 Å². The van der Waals surface area contributed by atoms with E-state index in [2.05, 4.69) is 19.2 Å². The van der Waals surface area contributed by atoms with Crippen LogP contribution < -0.4 is 11.1 Å². The molecule has 0 radical (unpaired) electrons. The zero-order valence-electron chi connectivity index (χ0n) is 11.5. The van der Waals surface area contributed by atoms with Crippen molar-refractivity contribution >= 4 is 5.91 Å². The van der Waals surface area contributed by atoms with Crippen molar-refractivity contribution in [3.05, 3.63) is 0 Å². The number of rotatable bonds is 7. The van der Waals surface area contributed by atoms with E-state index in [-0.39, 0.29) is 5.91 Å². The molecule has 18 heavy (non-hydrogen) atoms. The minimum atomic E-state index is -0.754. The smallest absolute Gasteiger partial charge is 0.240 e. The molecule has 1 saturated heterocycles. The van der Waals surface area contributed by atoms with Gasteiger partial charge in [-0.2, -0.15) is 0 Å². The van der Waals surface area contributed by atoms with E-state index >= 15 is 0 Å². The van der Waals surface area contributed by atoms with Gasteiger partial charge in [0.05, 0.1) is 12.1 Å². The second-order valence-electron chi connectivity index (χ2n) is 5.32. The van der Waals surface area contributed by atoms with Crippen LogP contribution in [0.4, 0.5) is 0 Å². The van der Waals surface area contributed by atoms with Gasteiger partial charge in [-0.05, 0) is 25.2 Å². The van der Waals surface area contributed by atoms with Crippen molar-refractivity contribution in [3.63, 3.8) is 0 Å². The molecule has 1 fully saturated rings. The predicted molar refractivity (Wildman–Crippen MR) is 70.3 cm³/mol. The third-order valence-corrected chi connectivity index (χ3v) is 3.21. The minimum absolute atomic E-state index is 0.0849. The number of amides is 1. The third kappa shape index (κ3) is 5.33. The predicted octanol–water partition coefficient (Wildman–Crippen LogP) is 0.673. The first-order valence-electron chi connectivity index (χ1n) is 6.77. The molecule has 0 aliphatic carbocycles. The topological polar surface area (TPSA) is 73.6 Å². The molecule has 1 amide bonds. The lowest BCUT2D eigenvalue weighted by Crippen LogP contribution is -2.57. The van der Waals surface area contributed by atoms with Crippen LogP contribution in [-0.2, 0) is 14.3 Å². The molecule has 0 saturated carbocycles. The molecule has 1 heterocycles. The van der Waals surface area contributed by atoms with Crippen LogP contribution >= 0.6 is 0 Å². The highest BCUT2D eigenvalue weighted by Crippen LogP contribution is 2.17. The van der Waals surface area contributed by atoms with Gasteiger partial charge in [0.25, 0.3) is 0 Å². The highest BCUT2D eigenvalue weighted by Gasteiger charge is 2.35. The Kier molecular flexibility index (Phi) is 6.60. The van der Waals surface area contributed by atoms with Crippen LogP contribution in [0.2, 0.25) is 0 Å². The quantitative estimate of drug-likeness (QED) is 0.658. The van der Waals surface area contributed by atoms with Gasteiger partial charge in [0.1, 0.15) is 0 Å². The average molecular weight is 258 g/mol. The Labute approximate surface area is 109 Å². The number of carbonyl (C=O) groups excluding carboxylic acids is 1. The summed E-state index contributed by atoms with van der Waals surface area (Å²) < 4.78 is 10.6. The molecular formula is C13H26N2O3. The lowest BCUT2D eigenvalue weighted by atomic mass is 9.90. The molecule has 5 nitrogen and oxygen atoms in total. The lowest BCUT2D eigenvalue weighted by molar-refractivity contribution is -0.130. The number of carbonyl (C=O) groups is 1. The molecule has 0 aromatic heterocycles. The van der Waals surface area contributed by atoms with Gasteiger partial charge in [-0.3, -0.25) is 4.79 Å². The van der Waals surface area contributed by atoms with E-state index in [0.29, 0.717) is 45.1 Å². The van der Waals surface area contributed by atoms with Gasteiger partial charge in [-0.15, -0.1) is 0 Å². The molecule has 0 aromatic carbocycles. The van der Waals surface area contributed by atoms with Gasteiger partial charge in [0.2, 0.25) is 5.91 Å². The van der Waals surface area contributed by atoms with Gasteiger partial charge in [-0.25, -0.2) is 0 Å². The zero-order valence-corrected chi connectivity index (χ0v) is 11.5. The Bertz CT molecular complexity index is 251. The van der Waals surface area contributed by atoms with Gasteiger partial charge in [-0.1, -0.05) is 13.8 Å². The zero-order chi connectivity index (χ0) is 13.4. The fraction of sp³-hybridized carbons (Fsp3) is 0.923. The molecule has 0 aromatic rings. The standard InChI is InChI=1S/C13H26N2O3/c1-11(2)3-7-17-10-6-15-12(16)13(14)4-8-18-9-5-13/h11H,3-10,14H2,1-2H3,(H,15,16). The highest BCUT2D eigenvalue weighted by molar-refractivity contribution is 5.86. The summed E-state index contributed by atoms with van der Waals surface area (Å²) >= 11 is 0. The van der Waals surface area contributed by atoms with E-state index in [1.807, 2.05) is 0 Å². The van der Waals surface area contributed by atoms with Crippen LogP contribution in [0.5, 0.6) is 0 Å². The average Bonchev–Trinajstić information content (AvgIpc) is 2.34. The Morgan fingerprint density at radius 2 is 2.06 bits per heavy atom. The van der Waals surface area contributed by atoms with Crippen molar-refractivity contribution in [1.29, 1.82) is 0 Å². The van der Waals surface area contributed by atoms with Crippen molar-refractivity contribution in [2.75, 3.05) is 33.0 Å². The maximum atomic E-state index is 11.9. The van der Waals surface area contributed by atoms with Crippen molar-refractivity contribution < 1.29 is 14.3 Å². The summed E-state index contributed by atoms with van der Waals surface area (Å²) in [6.07, 6.45) is 2.23. The van der Waals surface area contributed by atoms with E-state index in [1.165, 1.54) is 0 Å². The number of nitrogens with two attached hydrogens (primary N) is 1. The Morgan fingerprint density at radius 3 is 2.67 bits per heavy atom. The highest BCUT2D eigenvalue weighted by atomic mass is 16.5. The summed E-state index contributed by atoms with van der Waals surface area (Å²) in [6, 6.07) is 0. The summed E-state index contributed by atoms with van der Waals surface area (Å²) in [5, 5.41) is 2.84. The largest absolute Gasteiger partial charge is 0.381 e. The van der Waals surface area contributed by atoms with Gasteiger partial charge in [0, 0.05) is 26.4 Å². The third-order valence-electron chi connectivity index (χ3n) is 3.21. The van der Waals surface area contributed by atoms with Crippen LogP contribution in [0.1, 0.15) is 33.1 Å². The maximum absolute atomic E-state index is 11.9. The Hall–Kier alpha value is -0.650. The lowest BCUT2D eigenvalue weighted by Gasteiger charge is -2.31. The summed E-state index contributed by atoms with van der Waals surface area (Å²) in [5.41, 5.74) is 5.30. The summed E-state index contributed by atoms with van der Waals surface area (Å²) in [4.78, 5) is 11.9. The number of nitrogens with one attached hydrogen (secondary N) is 1. The summed E-state index contributed by atoms with van der Waals surface area (Å²) in [6.45, 7) is 7.27. The second kappa shape index (κ2) is 7.71. The molecule has 0 atom stereocenters. The van der Waals surface area contributed by atoms with E-state index < -0.39 is 5.54 Å².